The molecule has 1 heterocycles. The molecule has 1 rings (SSSR count). The highest BCUT2D eigenvalue weighted by Gasteiger charge is 2.17. The normalized spacial score (nSPS) is 11.5. The van der Waals surface area contributed by atoms with E-state index in [-0.39, 0.29) is 5.54 Å². The van der Waals surface area contributed by atoms with Crippen LogP contribution in [0.3, 0.4) is 0 Å². The molecule has 1 aromatic heterocycles. The predicted molar refractivity (Wildman–Crippen MR) is 69.6 cm³/mol. The second kappa shape index (κ2) is 5.17. The van der Waals surface area contributed by atoms with E-state index in [9.17, 15) is 0 Å². The standard InChI is InChI=1S/C11H16BrClN2/c1-4-5-11(2,3)15-10-9(12)6-8(13)7-14-10/h6-7H,4-5H2,1-3H3,(H,14,15). The second-order valence-corrected chi connectivity index (χ2v) is 5.53. The van der Waals surface area contributed by atoms with Crippen LogP contribution in [0.1, 0.15) is 33.6 Å². The van der Waals surface area contributed by atoms with Gasteiger partial charge in [0.15, 0.2) is 0 Å². The topological polar surface area (TPSA) is 24.9 Å². The SMILES string of the molecule is CCCC(C)(C)Nc1ncc(Cl)cc1Br. The Balaban J connectivity index is 2.80. The fourth-order valence-electron chi connectivity index (χ4n) is 1.51. The van der Waals surface area contributed by atoms with Gasteiger partial charge in [-0.15, -0.1) is 0 Å². The summed E-state index contributed by atoms with van der Waals surface area (Å²) in [5.74, 6) is 0.845. The van der Waals surface area contributed by atoms with Crippen LogP contribution in [0.25, 0.3) is 0 Å². The third kappa shape index (κ3) is 3.99. The molecule has 0 unspecified atom stereocenters. The van der Waals surface area contributed by atoms with Gasteiger partial charge in [0.05, 0.1) is 9.50 Å². The monoisotopic (exact) mass is 290 g/mol. The molecule has 0 atom stereocenters. The summed E-state index contributed by atoms with van der Waals surface area (Å²) in [6, 6.07) is 1.85. The molecule has 0 aliphatic heterocycles. The summed E-state index contributed by atoms with van der Waals surface area (Å²) in [6.07, 6.45) is 3.89. The third-order valence-electron chi connectivity index (χ3n) is 2.14. The zero-order valence-corrected chi connectivity index (χ0v) is 11.6. The third-order valence-corrected chi connectivity index (χ3v) is 2.95. The highest BCUT2D eigenvalue weighted by molar-refractivity contribution is 9.10. The molecule has 0 aliphatic rings. The van der Waals surface area contributed by atoms with Gasteiger partial charge in [-0.2, -0.15) is 0 Å². The van der Waals surface area contributed by atoms with E-state index in [1.165, 1.54) is 0 Å². The minimum atomic E-state index is 0.0537. The molecule has 0 saturated carbocycles. The lowest BCUT2D eigenvalue weighted by molar-refractivity contribution is 0.509. The lowest BCUT2D eigenvalue weighted by Gasteiger charge is -2.26. The van der Waals surface area contributed by atoms with Gasteiger partial charge < -0.3 is 5.32 Å². The minimum absolute atomic E-state index is 0.0537. The van der Waals surface area contributed by atoms with E-state index >= 15 is 0 Å². The minimum Gasteiger partial charge on any atom is -0.364 e. The van der Waals surface area contributed by atoms with Gasteiger partial charge in [0.2, 0.25) is 0 Å². The summed E-state index contributed by atoms with van der Waals surface area (Å²) in [7, 11) is 0. The summed E-state index contributed by atoms with van der Waals surface area (Å²) in [5, 5.41) is 4.04. The van der Waals surface area contributed by atoms with Crippen LogP contribution >= 0.6 is 27.5 Å². The largest absolute Gasteiger partial charge is 0.364 e. The van der Waals surface area contributed by atoms with Crippen LogP contribution in [-0.2, 0) is 0 Å². The van der Waals surface area contributed by atoms with Crippen molar-refractivity contribution in [2.75, 3.05) is 5.32 Å². The fourth-order valence-corrected chi connectivity index (χ4v) is 2.25. The van der Waals surface area contributed by atoms with E-state index in [1.807, 2.05) is 6.07 Å². The van der Waals surface area contributed by atoms with Gasteiger partial charge in [0.1, 0.15) is 5.82 Å². The van der Waals surface area contributed by atoms with Crippen LogP contribution < -0.4 is 5.32 Å². The van der Waals surface area contributed by atoms with Gasteiger partial charge in [-0.1, -0.05) is 24.9 Å². The van der Waals surface area contributed by atoms with Gasteiger partial charge in [-0.25, -0.2) is 4.98 Å². The van der Waals surface area contributed by atoms with Gasteiger partial charge >= 0.3 is 0 Å². The number of nitrogens with zero attached hydrogens (tertiary/aromatic N) is 1. The number of hydrogen-bond acceptors (Lipinski definition) is 2. The first kappa shape index (κ1) is 12.8. The van der Waals surface area contributed by atoms with Crippen molar-refractivity contribution < 1.29 is 0 Å². The number of hydrogen-bond donors (Lipinski definition) is 1. The van der Waals surface area contributed by atoms with Crippen LogP contribution in [0.15, 0.2) is 16.7 Å². The second-order valence-electron chi connectivity index (χ2n) is 4.24. The Bertz CT molecular complexity index is 339. The molecule has 0 spiro atoms. The maximum absolute atomic E-state index is 5.83. The van der Waals surface area contributed by atoms with E-state index in [0.29, 0.717) is 5.02 Å². The zero-order valence-electron chi connectivity index (χ0n) is 9.27. The van der Waals surface area contributed by atoms with E-state index in [1.54, 1.807) is 6.20 Å². The van der Waals surface area contributed by atoms with Crippen LogP contribution in [0.4, 0.5) is 5.82 Å². The van der Waals surface area contributed by atoms with Gasteiger partial charge in [0.25, 0.3) is 0 Å². The maximum atomic E-state index is 5.83. The smallest absolute Gasteiger partial charge is 0.140 e. The molecule has 0 aliphatic carbocycles. The first-order valence-electron chi connectivity index (χ1n) is 5.04. The Morgan fingerprint density at radius 1 is 1.53 bits per heavy atom. The van der Waals surface area contributed by atoms with Crippen LogP contribution in [0.2, 0.25) is 5.02 Å². The summed E-state index contributed by atoms with van der Waals surface area (Å²) in [6.45, 7) is 6.51. The van der Waals surface area contributed by atoms with Crippen LogP contribution in [-0.4, -0.2) is 10.5 Å². The van der Waals surface area contributed by atoms with Crippen LogP contribution in [0.5, 0.6) is 0 Å². The lowest BCUT2D eigenvalue weighted by Crippen LogP contribution is -2.31. The molecule has 0 fully saturated rings. The zero-order chi connectivity index (χ0) is 11.5. The average molecular weight is 292 g/mol. The lowest BCUT2D eigenvalue weighted by atomic mass is 9.99. The molecule has 1 aromatic rings. The molecular formula is C11H16BrClN2. The van der Waals surface area contributed by atoms with Crippen molar-refractivity contribution in [3.05, 3.63) is 21.8 Å². The van der Waals surface area contributed by atoms with Crippen molar-refractivity contribution in [2.24, 2.45) is 0 Å². The first-order chi connectivity index (χ1) is 6.94. The number of halogens is 2. The Morgan fingerprint density at radius 2 is 2.20 bits per heavy atom. The highest BCUT2D eigenvalue weighted by Crippen LogP contribution is 2.27. The molecule has 0 bridgehead atoms. The molecule has 4 heteroatoms. The predicted octanol–water partition coefficient (Wildman–Crippen LogP) is 4.49. The van der Waals surface area contributed by atoms with Gasteiger partial charge in [-0.05, 0) is 42.3 Å². The van der Waals surface area contributed by atoms with Crippen molar-refractivity contribution in [1.29, 1.82) is 0 Å². The summed E-state index contributed by atoms with van der Waals surface area (Å²) in [4.78, 5) is 4.26. The summed E-state index contributed by atoms with van der Waals surface area (Å²) in [5.41, 5.74) is 0.0537. The van der Waals surface area contributed by atoms with Crippen LogP contribution in [0, 0.1) is 0 Å². The quantitative estimate of drug-likeness (QED) is 0.884. The molecule has 0 aromatic carbocycles. The molecule has 0 radical (unpaired) electrons. The Morgan fingerprint density at radius 3 is 2.73 bits per heavy atom. The number of anilines is 1. The summed E-state index contributed by atoms with van der Waals surface area (Å²) >= 11 is 9.27. The van der Waals surface area contributed by atoms with E-state index < -0.39 is 0 Å². The van der Waals surface area contributed by atoms with Crippen molar-refractivity contribution >= 4 is 33.3 Å². The number of pyridine rings is 1. The number of rotatable bonds is 4. The Hall–Kier alpha value is -0.280. The molecule has 1 N–H and O–H groups in total. The van der Waals surface area contributed by atoms with Crippen molar-refractivity contribution in [1.82, 2.24) is 4.98 Å². The summed E-state index contributed by atoms with van der Waals surface area (Å²) < 4.78 is 0.902. The molecule has 0 saturated heterocycles. The van der Waals surface area contributed by atoms with Crippen molar-refractivity contribution in [2.45, 2.75) is 39.2 Å². The van der Waals surface area contributed by atoms with Crippen molar-refractivity contribution in [3.8, 4) is 0 Å². The Labute approximate surface area is 105 Å². The van der Waals surface area contributed by atoms with Gasteiger partial charge in [-0.3, -0.25) is 0 Å². The fraction of sp³-hybridized carbons (Fsp3) is 0.545. The molecule has 84 valence electrons. The molecular weight excluding hydrogens is 275 g/mol. The highest BCUT2D eigenvalue weighted by atomic mass is 79.9. The number of nitrogens with one attached hydrogen (secondary N) is 1. The van der Waals surface area contributed by atoms with Crippen molar-refractivity contribution in [3.63, 3.8) is 0 Å². The van der Waals surface area contributed by atoms with Gasteiger partial charge in [0, 0.05) is 11.7 Å². The molecule has 2 nitrogen and oxygen atoms in total. The van der Waals surface area contributed by atoms with E-state index in [2.05, 4.69) is 47.0 Å². The Kier molecular flexibility index (Phi) is 4.41. The average Bonchev–Trinajstić information content (AvgIpc) is 2.09. The van der Waals surface area contributed by atoms with E-state index in [0.717, 1.165) is 23.1 Å². The van der Waals surface area contributed by atoms with E-state index in [4.69, 9.17) is 11.6 Å². The maximum Gasteiger partial charge on any atom is 0.140 e. The molecule has 0 amide bonds. The first-order valence-corrected chi connectivity index (χ1v) is 6.21. The number of aromatic nitrogens is 1. The molecule has 15 heavy (non-hydrogen) atoms.